The lowest BCUT2D eigenvalue weighted by Gasteiger charge is -2.22. The molecule has 1 aromatic heterocycles. The van der Waals surface area contributed by atoms with E-state index in [2.05, 4.69) is 20.7 Å². The maximum Gasteiger partial charge on any atom is 0.325 e. The van der Waals surface area contributed by atoms with Gasteiger partial charge in [-0.1, -0.05) is 17.7 Å². The van der Waals surface area contributed by atoms with Crippen LogP contribution in [0.1, 0.15) is 12.5 Å². The molecular weight excluding hydrogens is 452 g/mol. The summed E-state index contributed by atoms with van der Waals surface area (Å²) in [4.78, 5) is 43.3. The molecule has 33 heavy (non-hydrogen) atoms. The fraction of sp³-hybridized carbons (Fsp3) is 0.190. The zero-order valence-electron chi connectivity index (χ0n) is 17.2. The topological polar surface area (TPSA) is 128 Å². The number of aromatic nitrogens is 3. The summed E-state index contributed by atoms with van der Waals surface area (Å²) in [6.45, 7) is 1.17. The normalized spacial score (nSPS) is 19.0. The Labute approximate surface area is 192 Å². The standard InChI is InChI=1S/C21H17ClN6O5/c1-21(12-2-5-16-17(6-12)33-11-32-16)19(30)27(20(31)26-21)8-18(29)25-14-7-13(22)3-4-15(14)28-10-23-9-24-28/h2-7,9-10H,8,11H2,1H3,(H,25,29)(H,26,31)/t21-/m1/s1. The van der Waals surface area contributed by atoms with Gasteiger partial charge in [-0.3, -0.25) is 14.5 Å². The van der Waals surface area contributed by atoms with Crippen LogP contribution >= 0.6 is 11.6 Å². The van der Waals surface area contributed by atoms with E-state index in [0.717, 1.165) is 4.90 Å². The van der Waals surface area contributed by atoms with Crippen LogP contribution in [0.25, 0.3) is 5.69 Å². The fourth-order valence-electron chi connectivity index (χ4n) is 3.72. The number of carbonyl (C=O) groups is 3. The Bertz CT molecular complexity index is 1280. The highest BCUT2D eigenvalue weighted by Crippen LogP contribution is 2.37. The van der Waals surface area contributed by atoms with Crippen molar-refractivity contribution in [2.75, 3.05) is 18.7 Å². The van der Waals surface area contributed by atoms with Crippen LogP contribution in [-0.4, -0.2) is 50.8 Å². The Morgan fingerprint density at radius 1 is 1.21 bits per heavy atom. The zero-order valence-corrected chi connectivity index (χ0v) is 18.0. The number of hydrogen-bond donors (Lipinski definition) is 2. The molecule has 0 unspecified atom stereocenters. The van der Waals surface area contributed by atoms with Crippen LogP contribution in [0.4, 0.5) is 10.5 Å². The Hall–Kier alpha value is -4.12. The quantitative estimate of drug-likeness (QED) is 0.548. The summed E-state index contributed by atoms with van der Waals surface area (Å²) < 4.78 is 12.1. The Kier molecular flexibility index (Phi) is 4.90. The van der Waals surface area contributed by atoms with Crippen molar-refractivity contribution >= 4 is 35.1 Å². The van der Waals surface area contributed by atoms with Crippen LogP contribution in [0.2, 0.25) is 5.02 Å². The number of benzene rings is 2. The molecule has 1 saturated heterocycles. The van der Waals surface area contributed by atoms with E-state index in [0.29, 0.717) is 33.5 Å². The van der Waals surface area contributed by atoms with Crippen molar-refractivity contribution in [3.63, 3.8) is 0 Å². The third kappa shape index (κ3) is 3.61. The number of ether oxygens (including phenoxy) is 2. The van der Waals surface area contributed by atoms with Crippen molar-refractivity contribution < 1.29 is 23.9 Å². The minimum atomic E-state index is -1.36. The van der Waals surface area contributed by atoms with E-state index in [1.54, 1.807) is 43.3 Å². The summed E-state index contributed by atoms with van der Waals surface area (Å²) in [7, 11) is 0. The largest absolute Gasteiger partial charge is 0.454 e. The van der Waals surface area contributed by atoms with Crippen molar-refractivity contribution in [1.82, 2.24) is 25.0 Å². The summed E-state index contributed by atoms with van der Waals surface area (Å²) in [6.07, 6.45) is 2.82. The predicted molar refractivity (Wildman–Crippen MR) is 115 cm³/mol. The van der Waals surface area contributed by atoms with Gasteiger partial charge in [-0.05, 0) is 42.8 Å². The van der Waals surface area contributed by atoms with Gasteiger partial charge in [0.25, 0.3) is 5.91 Å². The molecule has 0 aliphatic carbocycles. The zero-order chi connectivity index (χ0) is 23.2. The average Bonchev–Trinajstić information content (AvgIpc) is 3.51. The Morgan fingerprint density at radius 2 is 2.03 bits per heavy atom. The predicted octanol–water partition coefficient (Wildman–Crippen LogP) is 2.06. The van der Waals surface area contributed by atoms with Gasteiger partial charge in [0.05, 0.1) is 11.4 Å². The number of amides is 4. The van der Waals surface area contributed by atoms with Crippen LogP contribution in [0.5, 0.6) is 11.5 Å². The molecule has 0 saturated carbocycles. The molecule has 4 amide bonds. The first kappa shape index (κ1) is 20.8. The molecule has 1 atom stereocenters. The molecule has 0 radical (unpaired) electrons. The van der Waals surface area contributed by atoms with Crippen molar-refractivity contribution in [2.45, 2.75) is 12.5 Å². The summed E-state index contributed by atoms with van der Waals surface area (Å²) in [6, 6.07) is 9.14. The lowest BCUT2D eigenvalue weighted by Crippen LogP contribution is -2.42. The van der Waals surface area contributed by atoms with Gasteiger partial charge in [-0.15, -0.1) is 0 Å². The number of fused-ring (bicyclic) bond motifs is 1. The first-order valence-electron chi connectivity index (χ1n) is 9.84. The maximum atomic E-state index is 13.2. The van der Waals surface area contributed by atoms with E-state index in [-0.39, 0.29) is 6.79 Å². The molecule has 5 rings (SSSR count). The molecule has 2 N–H and O–H groups in total. The number of carbonyl (C=O) groups excluding carboxylic acids is 3. The van der Waals surface area contributed by atoms with E-state index in [1.165, 1.54) is 17.3 Å². The molecule has 3 aromatic rings. The monoisotopic (exact) mass is 468 g/mol. The Morgan fingerprint density at radius 3 is 2.82 bits per heavy atom. The number of urea groups is 1. The number of rotatable bonds is 5. The van der Waals surface area contributed by atoms with E-state index in [4.69, 9.17) is 21.1 Å². The van der Waals surface area contributed by atoms with Crippen LogP contribution < -0.4 is 20.1 Å². The summed E-state index contributed by atoms with van der Waals surface area (Å²) in [5.41, 5.74) is 0.0212. The highest BCUT2D eigenvalue weighted by Gasteiger charge is 2.50. The van der Waals surface area contributed by atoms with Gasteiger partial charge in [0.2, 0.25) is 12.7 Å². The molecule has 168 valence electrons. The number of imide groups is 1. The molecule has 3 heterocycles. The first-order chi connectivity index (χ1) is 15.8. The highest BCUT2D eigenvalue weighted by atomic mass is 35.5. The lowest BCUT2D eigenvalue weighted by molar-refractivity contribution is -0.133. The van der Waals surface area contributed by atoms with Gasteiger partial charge < -0.3 is 20.1 Å². The van der Waals surface area contributed by atoms with E-state index < -0.39 is 29.9 Å². The minimum Gasteiger partial charge on any atom is -0.454 e. The second-order valence-electron chi connectivity index (χ2n) is 7.56. The second kappa shape index (κ2) is 7.78. The molecule has 11 nitrogen and oxygen atoms in total. The van der Waals surface area contributed by atoms with Gasteiger partial charge in [0.15, 0.2) is 11.5 Å². The third-order valence-electron chi connectivity index (χ3n) is 5.42. The number of nitrogens with one attached hydrogen (secondary N) is 2. The molecule has 2 aliphatic heterocycles. The second-order valence-corrected chi connectivity index (χ2v) is 8.00. The van der Waals surface area contributed by atoms with Gasteiger partial charge in [0.1, 0.15) is 24.7 Å². The van der Waals surface area contributed by atoms with Crippen molar-refractivity contribution in [3.8, 4) is 17.2 Å². The number of halogens is 1. The molecule has 0 spiro atoms. The highest BCUT2D eigenvalue weighted by molar-refractivity contribution is 6.31. The third-order valence-corrected chi connectivity index (χ3v) is 5.66. The number of anilines is 1. The maximum absolute atomic E-state index is 13.2. The van der Waals surface area contributed by atoms with Crippen LogP contribution in [0.15, 0.2) is 49.1 Å². The van der Waals surface area contributed by atoms with Gasteiger partial charge in [0, 0.05) is 5.02 Å². The van der Waals surface area contributed by atoms with Gasteiger partial charge in [-0.25, -0.2) is 14.5 Å². The SMILES string of the molecule is C[C@]1(c2ccc3c(c2)OCO3)NC(=O)N(CC(=O)Nc2cc(Cl)ccc2-n2cncn2)C1=O. The molecule has 2 aromatic carbocycles. The minimum absolute atomic E-state index is 0.0855. The summed E-state index contributed by atoms with van der Waals surface area (Å²) in [5.74, 6) is -0.116. The Balaban J connectivity index is 1.35. The van der Waals surface area contributed by atoms with E-state index in [1.807, 2.05) is 0 Å². The lowest BCUT2D eigenvalue weighted by atomic mass is 9.91. The summed E-state index contributed by atoms with van der Waals surface area (Å²) >= 11 is 6.08. The van der Waals surface area contributed by atoms with Gasteiger partial charge >= 0.3 is 6.03 Å². The number of nitrogens with zero attached hydrogens (tertiary/aromatic N) is 4. The van der Waals surface area contributed by atoms with Crippen LogP contribution in [-0.2, 0) is 15.1 Å². The summed E-state index contributed by atoms with van der Waals surface area (Å²) in [5, 5.41) is 9.79. The average molecular weight is 469 g/mol. The molecule has 2 aliphatic rings. The van der Waals surface area contributed by atoms with Crippen LogP contribution in [0.3, 0.4) is 0 Å². The fourth-order valence-corrected chi connectivity index (χ4v) is 3.89. The molecule has 0 bridgehead atoms. The smallest absolute Gasteiger partial charge is 0.325 e. The van der Waals surface area contributed by atoms with Crippen LogP contribution in [0, 0.1) is 0 Å². The van der Waals surface area contributed by atoms with E-state index in [9.17, 15) is 14.4 Å². The van der Waals surface area contributed by atoms with Crippen molar-refractivity contribution in [2.24, 2.45) is 0 Å². The number of hydrogen-bond acceptors (Lipinski definition) is 7. The van der Waals surface area contributed by atoms with Crippen molar-refractivity contribution in [3.05, 3.63) is 59.6 Å². The van der Waals surface area contributed by atoms with E-state index >= 15 is 0 Å². The van der Waals surface area contributed by atoms with Crippen molar-refractivity contribution in [1.29, 1.82) is 0 Å². The molecule has 1 fully saturated rings. The van der Waals surface area contributed by atoms with Gasteiger partial charge in [-0.2, -0.15) is 5.10 Å². The first-order valence-corrected chi connectivity index (χ1v) is 10.2. The molecule has 12 heteroatoms. The molecular formula is C21H17ClN6O5.